The van der Waals surface area contributed by atoms with Gasteiger partial charge in [-0.05, 0) is 12.8 Å². The number of nitrogens with two attached hydrogens (primary N) is 1. The van der Waals surface area contributed by atoms with Crippen LogP contribution in [0.25, 0.3) is 11.2 Å². The van der Waals surface area contributed by atoms with E-state index in [1.807, 2.05) is 4.57 Å². The fourth-order valence-corrected chi connectivity index (χ4v) is 3.26. The van der Waals surface area contributed by atoms with Gasteiger partial charge >= 0.3 is 5.69 Å². The first kappa shape index (κ1) is 16.3. The summed E-state index contributed by atoms with van der Waals surface area (Å²) < 4.78 is 4.33. The molecule has 1 aliphatic heterocycles. The third kappa shape index (κ3) is 2.51. The van der Waals surface area contributed by atoms with Crippen LogP contribution in [0.3, 0.4) is 0 Å². The Morgan fingerprint density at radius 3 is 2.75 bits per heavy atom. The van der Waals surface area contributed by atoms with Crippen molar-refractivity contribution in [2.45, 2.75) is 31.8 Å². The Morgan fingerprint density at radius 2 is 2.08 bits per heavy atom. The van der Waals surface area contributed by atoms with Gasteiger partial charge in [-0.1, -0.05) is 0 Å². The molecule has 1 saturated heterocycles. The van der Waals surface area contributed by atoms with Crippen molar-refractivity contribution in [2.75, 3.05) is 18.0 Å². The monoisotopic (exact) mass is 330 g/mol. The molecule has 0 radical (unpaired) electrons. The number of hydrogen-bond acceptors (Lipinski definition) is 5. The first-order valence-corrected chi connectivity index (χ1v) is 8.06. The highest BCUT2D eigenvalue weighted by molar-refractivity contribution is 5.74. The summed E-state index contributed by atoms with van der Waals surface area (Å²) in [5.41, 5.74) is 6.12. The normalized spacial score (nSPS) is 18.1. The first-order chi connectivity index (χ1) is 11.5. The number of rotatable bonds is 3. The summed E-state index contributed by atoms with van der Waals surface area (Å²) in [6, 6.07) is 0.0753. The lowest BCUT2D eigenvalue weighted by molar-refractivity contribution is 0.493. The molecule has 8 nitrogen and oxygen atoms in total. The van der Waals surface area contributed by atoms with E-state index in [0.29, 0.717) is 36.6 Å². The lowest BCUT2D eigenvalue weighted by Gasteiger charge is -2.31. The number of piperidine rings is 1. The largest absolute Gasteiger partial charge is 0.341 e. The van der Waals surface area contributed by atoms with Gasteiger partial charge in [-0.25, -0.2) is 4.79 Å². The molecule has 3 rings (SSSR count). The van der Waals surface area contributed by atoms with E-state index in [1.165, 1.54) is 11.6 Å². The summed E-state index contributed by atoms with van der Waals surface area (Å²) >= 11 is 0. The van der Waals surface area contributed by atoms with Crippen molar-refractivity contribution in [1.82, 2.24) is 18.7 Å². The van der Waals surface area contributed by atoms with Crippen molar-refractivity contribution >= 4 is 17.1 Å². The Balaban J connectivity index is 2.27. The maximum absolute atomic E-state index is 12.6. The van der Waals surface area contributed by atoms with Crippen molar-refractivity contribution < 1.29 is 0 Å². The highest BCUT2D eigenvalue weighted by Crippen LogP contribution is 2.23. The molecule has 2 aromatic heterocycles. The van der Waals surface area contributed by atoms with E-state index >= 15 is 0 Å². The molecular weight excluding hydrogens is 308 g/mol. The zero-order valence-electron chi connectivity index (χ0n) is 14.0. The van der Waals surface area contributed by atoms with Crippen LogP contribution in [0.1, 0.15) is 19.3 Å². The predicted molar refractivity (Wildman–Crippen MR) is 93.1 cm³/mol. The average Bonchev–Trinajstić information content (AvgIpc) is 2.95. The maximum Gasteiger partial charge on any atom is 0.332 e. The number of nitrogens with zero attached hydrogens (tertiary/aromatic N) is 5. The minimum Gasteiger partial charge on any atom is -0.341 e. The molecule has 0 bridgehead atoms. The van der Waals surface area contributed by atoms with Crippen LogP contribution in [0, 0.1) is 12.3 Å². The Hall–Kier alpha value is -2.53. The Labute approximate surface area is 139 Å². The van der Waals surface area contributed by atoms with Crippen LogP contribution in [0.15, 0.2) is 9.59 Å². The first-order valence-electron chi connectivity index (χ1n) is 8.06. The van der Waals surface area contributed by atoms with Gasteiger partial charge in [0.25, 0.3) is 5.56 Å². The number of imidazole rings is 1. The van der Waals surface area contributed by atoms with Crippen LogP contribution in [0.2, 0.25) is 0 Å². The number of hydrogen-bond donors (Lipinski definition) is 1. The van der Waals surface area contributed by atoms with E-state index in [1.54, 1.807) is 7.05 Å². The molecule has 1 fully saturated rings. The molecule has 1 aliphatic rings. The van der Waals surface area contributed by atoms with Crippen LogP contribution < -0.4 is 21.9 Å². The van der Waals surface area contributed by atoms with Gasteiger partial charge in [0.1, 0.15) is 0 Å². The van der Waals surface area contributed by atoms with Crippen LogP contribution in [0.5, 0.6) is 0 Å². The standard InChI is InChI=1S/C16H22N6O2/c1-4-5-9-22-12-13(19(2)16(24)20(3)14(12)23)18-15(22)21-8-6-7-11(17)10-21/h1,11H,5-10,17H2,2-3H3. The third-order valence-electron chi connectivity index (χ3n) is 4.55. The summed E-state index contributed by atoms with van der Waals surface area (Å²) in [4.78, 5) is 31.5. The molecule has 2 aromatic rings. The maximum atomic E-state index is 12.6. The molecule has 0 spiro atoms. The molecule has 2 N–H and O–H groups in total. The van der Waals surface area contributed by atoms with Crippen LogP contribution in [0.4, 0.5) is 5.95 Å². The molecule has 0 amide bonds. The van der Waals surface area contributed by atoms with Gasteiger partial charge < -0.3 is 15.2 Å². The summed E-state index contributed by atoms with van der Waals surface area (Å²) in [5, 5.41) is 0. The smallest absolute Gasteiger partial charge is 0.332 e. The second kappa shape index (κ2) is 6.17. The lowest BCUT2D eigenvalue weighted by atomic mass is 10.1. The second-order valence-corrected chi connectivity index (χ2v) is 6.24. The molecule has 0 saturated carbocycles. The highest BCUT2D eigenvalue weighted by atomic mass is 16.2. The van der Waals surface area contributed by atoms with E-state index in [2.05, 4.69) is 15.8 Å². The number of aryl methyl sites for hydroxylation is 2. The molecule has 128 valence electrons. The van der Waals surface area contributed by atoms with E-state index in [4.69, 9.17) is 12.2 Å². The van der Waals surface area contributed by atoms with Crippen molar-refractivity contribution in [3.05, 3.63) is 20.8 Å². The van der Waals surface area contributed by atoms with E-state index in [0.717, 1.165) is 24.0 Å². The van der Waals surface area contributed by atoms with Crippen molar-refractivity contribution in [1.29, 1.82) is 0 Å². The number of terminal acetylenes is 1. The quantitative estimate of drug-likeness (QED) is 0.758. The Bertz CT molecular complexity index is 929. The molecule has 1 atom stereocenters. The van der Waals surface area contributed by atoms with Gasteiger partial charge in [0.2, 0.25) is 5.95 Å². The minimum absolute atomic E-state index is 0.0753. The van der Waals surface area contributed by atoms with Gasteiger partial charge in [0.05, 0.1) is 0 Å². The fourth-order valence-electron chi connectivity index (χ4n) is 3.26. The van der Waals surface area contributed by atoms with Crippen molar-refractivity contribution in [3.63, 3.8) is 0 Å². The Morgan fingerprint density at radius 1 is 1.33 bits per heavy atom. The zero-order chi connectivity index (χ0) is 17.4. The molecule has 0 aliphatic carbocycles. The Kier molecular flexibility index (Phi) is 4.20. The van der Waals surface area contributed by atoms with Gasteiger partial charge in [-0.2, -0.15) is 4.98 Å². The molecule has 8 heteroatoms. The van der Waals surface area contributed by atoms with Gasteiger partial charge in [-0.3, -0.25) is 13.9 Å². The molecule has 3 heterocycles. The van der Waals surface area contributed by atoms with Crippen LogP contribution in [-0.4, -0.2) is 37.8 Å². The molecule has 24 heavy (non-hydrogen) atoms. The summed E-state index contributed by atoms with van der Waals surface area (Å²) in [7, 11) is 3.09. The second-order valence-electron chi connectivity index (χ2n) is 6.24. The fraction of sp³-hybridized carbons (Fsp3) is 0.562. The van der Waals surface area contributed by atoms with E-state index in [9.17, 15) is 9.59 Å². The van der Waals surface area contributed by atoms with Crippen molar-refractivity contribution in [3.8, 4) is 12.3 Å². The number of anilines is 1. The SMILES string of the molecule is C#CCCn1c(N2CCCC(N)C2)nc2c1c(=O)n(C)c(=O)n2C. The number of fused-ring (bicyclic) bond motifs is 1. The third-order valence-corrected chi connectivity index (χ3v) is 4.55. The van der Waals surface area contributed by atoms with Crippen molar-refractivity contribution in [2.24, 2.45) is 19.8 Å². The average molecular weight is 330 g/mol. The highest BCUT2D eigenvalue weighted by Gasteiger charge is 2.25. The summed E-state index contributed by atoms with van der Waals surface area (Å²) in [6.45, 7) is 1.97. The topological polar surface area (TPSA) is 91.1 Å². The lowest BCUT2D eigenvalue weighted by Crippen LogP contribution is -2.44. The summed E-state index contributed by atoms with van der Waals surface area (Å²) in [5.74, 6) is 3.26. The van der Waals surface area contributed by atoms with Crippen LogP contribution in [-0.2, 0) is 20.6 Å². The van der Waals surface area contributed by atoms with E-state index < -0.39 is 5.69 Å². The molecular formula is C16H22N6O2. The predicted octanol–water partition coefficient (Wildman–Crippen LogP) is -0.615. The van der Waals surface area contributed by atoms with Crippen LogP contribution >= 0.6 is 0 Å². The van der Waals surface area contributed by atoms with Gasteiger partial charge in [-0.15, -0.1) is 12.3 Å². The van der Waals surface area contributed by atoms with Gasteiger partial charge in [0, 0.05) is 46.2 Å². The van der Waals surface area contributed by atoms with E-state index in [-0.39, 0.29) is 11.6 Å². The number of aromatic nitrogens is 4. The molecule has 1 unspecified atom stereocenters. The van der Waals surface area contributed by atoms with Gasteiger partial charge in [0.15, 0.2) is 11.2 Å². The molecule has 0 aromatic carbocycles. The minimum atomic E-state index is -0.393. The zero-order valence-corrected chi connectivity index (χ0v) is 14.0. The summed E-state index contributed by atoms with van der Waals surface area (Å²) in [6.07, 6.45) is 7.82.